The molecule has 1 atom stereocenters. The largest absolute Gasteiger partial charge is 0.382 e. The Bertz CT molecular complexity index is 1560. The van der Waals surface area contributed by atoms with Crippen molar-refractivity contribution >= 4 is 46.0 Å². The highest BCUT2D eigenvalue weighted by atomic mass is 35.5. The number of halogens is 2. The maximum atomic E-state index is 12.9. The van der Waals surface area contributed by atoms with Crippen molar-refractivity contribution in [2.75, 3.05) is 5.73 Å². The zero-order valence-electron chi connectivity index (χ0n) is 20.0. The van der Waals surface area contributed by atoms with Gasteiger partial charge in [-0.25, -0.2) is 9.78 Å². The SMILES string of the molecule is Cc1ccc(Cl)cc1CNC(=O)N[C@@H](Cc1ccccc1)c1nc(-c2ccc3c(N)n[nH]c3c2)c(Cl)[nH]1. The van der Waals surface area contributed by atoms with Crippen LogP contribution in [0.15, 0.2) is 66.7 Å². The first-order chi connectivity index (χ1) is 17.9. The number of benzene rings is 3. The Morgan fingerprint density at radius 3 is 2.70 bits per heavy atom. The van der Waals surface area contributed by atoms with E-state index in [0.29, 0.717) is 40.5 Å². The molecular formula is C27H25Cl2N7O. The van der Waals surface area contributed by atoms with Crippen LogP contribution in [-0.4, -0.2) is 26.2 Å². The molecule has 0 spiro atoms. The van der Waals surface area contributed by atoms with Crippen LogP contribution in [0.5, 0.6) is 0 Å². The van der Waals surface area contributed by atoms with Gasteiger partial charge in [-0.2, -0.15) is 5.10 Å². The number of amides is 2. The summed E-state index contributed by atoms with van der Waals surface area (Å²) in [7, 11) is 0. The van der Waals surface area contributed by atoms with Crippen LogP contribution in [0.2, 0.25) is 10.2 Å². The van der Waals surface area contributed by atoms with E-state index in [1.807, 2.05) is 73.7 Å². The van der Waals surface area contributed by atoms with Crippen LogP contribution in [0, 0.1) is 6.92 Å². The third-order valence-corrected chi connectivity index (χ3v) is 6.72. The van der Waals surface area contributed by atoms with E-state index >= 15 is 0 Å². The van der Waals surface area contributed by atoms with Gasteiger partial charge in [-0.15, -0.1) is 0 Å². The van der Waals surface area contributed by atoms with Gasteiger partial charge in [0, 0.05) is 22.5 Å². The van der Waals surface area contributed by atoms with E-state index in [0.717, 1.165) is 33.2 Å². The molecule has 2 amide bonds. The van der Waals surface area contributed by atoms with Crippen LogP contribution in [0.1, 0.15) is 28.6 Å². The number of aromatic amines is 2. The van der Waals surface area contributed by atoms with E-state index in [-0.39, 0.29) is 6.03 Å². The van der Waals surface area contributed by atoms with Crippen molar-refractivity contribution in [2.45, 2.75) is 25.9 Å². The summed E-state index contributed by atoms with van der Waals surface area (Å²) in [6.07, 6.45) is 0.518. The zero-order chi connectivity index (χ0) is 25.9. The standard InChI is InChI=1S/C27H25Cl2N7O/c1-15-7-9-19(28)12-18(15)14-31-27(37)32-22(11-16-5-3-2-4-6-16)26-33-23(24(29)34-26)17-8-10-20-21(13-17)35-36-25(20)30/h2-10,12-13,22H,11,14H2,1H3,(H,33,34)(H3,30,35,36)(H2,31,32,37)/t22-/m0/s1. The average Bonchev–Trinajstić information content (AvgIpc) is 3.47. The van der Waals surface area contributed by atoms with E-state index in [1.54, 1.807) is 0 Å². The summed E-state index contributed by atoms with van der Waals surface area (Å²) in [6.45, 7) is 2.32. The second-order valence-corrected chi connectivity index (χ2v) is 9.61. The molecule has 37 heavy (non-hydrogen) atoms. The smallest absolute Gasteiger partial charge is 0.315 e. The van der Waals surface area contributed by atoms with Crippen molar-refractivity contribution in [2.24, 2.45) is 0 Å². The molecule has 0 aliphatic carbocycles. The van der Waals surface area contributed by atoms with Crippen molar-refractivity contribution in [1.82, 2.24) is 30.8 Å². The van der Waals surface area contributed by atoms with E-state index in [1.165, 1.54) is 0 Å². The second kappa shape index (κ2) is 10.5. The number of carbonyl (C=O) groups is 1. The number of hydrogen-bond donors (Lipinski definition) is 5. The molecule has 0 saturated carbocycles. The molecule has 6 N–H and O–H groups in total. The molecule has 0 unspecified atom stereocenters. The number of aryl methyl sites for hydroxylation is 1. The Morgan fingerprint density at radius 2 is 1.89 bits per heavy atom. The highest BCUT2D eigenvalue weighted by Crippen LogP contribution is 2.31. The molecule has 0 bridgehead atoms. The summed E-state index contributed by atoms with van der Waals surface area (Å²) in [6, 6.07) is 20.3. The lowest BCUT2D eigenvalue weighted by atomic mass is 10.1. The van der Waals surface area contributed by atoms with Crippen molar-refractivity contribution < 1.29 is 4.79 Å². The fourth-order valence-corrected chi connectivity index (χ4v) is 4.64. The number of carbonyl (C=O) groups excluding carboxylic acids is 1. The lowest BCUT2D eigenvalue weighted by Gasteiger charge is -2.18. The Morgan fingerprint density at radius 1 is 1.08 bits per heavy atom. The summed E-state index contributed by atoms with van der Waals surface area (Å²) < 4.78 is 0. The lowest BCUT2D eigenvalue weighted by Crippen LogP contribution is -2.39. The molecule has 5 rings (SSSR count). The number of hydrogen-bond acceptors (Lipinski definition) is 4. The molecule has 0 aliphatic rings. The van der Waals surface area contributed by atoms with E-state index < -0.39 is 6.04 Å². The molecule has 0 fully saturated rings. The van der Waals surface area contributed by atoms with Gasteiger partial charge >= 0.3 is 6.03 Å². The van der Waals surface area contributed by atoms with Gasteiger partial charge in [0.25, 0.3) is 0 Å². The second-order valence-electron chi connectivity index (χ2n) is 8.79. The van der Waals surface area contributed by atoms with Gasteiger partial charge < -0.3 is 21.4 Å². The molecule has 3 aromatic carbocycles. The van der Waals surface area contributed by atoms with Gasteiger partial charge in [-0.3, -0.25) is 5.10 Å². The van der Waals surface area contributed by atoms with Crippen molar-refractivity contribution in [3.05, 3.63) is 99.4 Å². The minimum atomic E-state index is -0.458. The number of anilines is 1. The summed E-state index contributed by atoms with van der Waals surface area (Å²) >= 11 is 12.7. The fraction of sp³-hybridized carbons (Fsp3) is 0.148. The van der Waals surface area contributed by atoms with Gasteiger partial charge in [0.2, 0.25) is 0 Å². The number of fused-ring (bicyclic) bond motifs is 1. The average molecular weight is 534 g/mol. The highest BCUT2D eigenvalue weighted by molar-refractivity contribution is 6.32. The van der Waals surface area contributed by atoms with Crippen molar-refractivity contribution in [3.8, 4) is 11.3 Å². The van der Waals surface area contributed by atoms with E-state index in [4.69, 9.17) is 33.9 Å². The summed E-state index contributed by atoms with van der Waals surface area (Å²) in [5.41, 5.74) is 11.1. The molecule has 2 aromatic heterocycles. The van der Waals surface area contributed by atoms with E-state index in [2.05, 4.69) is 25.8 Å². The van der Waals surface area contributed by atoms with Crippen LogP contribution in [0.3, 0.4) is 0 Å². The number of nitrogen functional groups attached to an aromatic ring is 1. The first kappa shape index (κ1) is 24.7. The molecule has 2 heterocycles. The number of aromatic nitrogens is 4. The minimum absolute atomic E-state index is 0.330. The number of nitrogens with one attached hydrogen (secondary N) is 4. The monoisotopic (exact) mass is 533 g/mol. The zero-order valence-corrected chi connectivity index (χ0v) is 21.5. The Hall–Kier alpha value is -4.01. The number of rotatable bonds is 7. The number of nitrogens with two attached hydrogens (primary N) is 1. The van der Waals surface area contributed by atoms with Gasteiger partial charge in [-0.1, -0.05) is 65.7 Å². The third kappa shape index (κ3) is 5.55. The first-order valence-electron chi connectivity index (χ1n) is 11.7. The lowest BCUT2D eigenvalue weighted by molar-refractivity contribution is 0.236. The Labute approximate surface area is 223 Å². The predicted molar refractivity (Wildman–Crippen MR) is 148 cm³/mol. The Kier molecular flexibility index (Phi) is 7.03. The Balaban J connectivity index is 1.39. The maximum Gasteiger partial charge on any atom is 0.315 e. The normalized spacial score (nSPS) is 12.0. The van der Waals surface area contributed by atoms with Gasteiger partial charge in [0.1, 0.15) is 16.7 Å². The van der Waals surface area contributed by atoms with Crippen LogP contribution in [0.25, 0.3) is 22.2 Å². The van der Waals surface area contributed by atoms with Gasteiger partial charge in [0.15, 0.2) is 5.82 Å². The number of urea groups is 1. The highest BCUT2D eigenvalue weighted by Gasteiger charge is 2.22. The maximum absolute atomic E-state index is 12.9. The topological polar surface area (TPSA) is 125 Å². The van der Waals surface area contributed by atoms with Gasteiger partial charge in [0.05, 0.1) is 11.6 Å². The summed E-state index contributed by atoms with van der Waals surface area (Å²) in [5.74, 6) is 0.976. The van der Waals surface area contributed by atoms with Crippen LogP contribution < -0.4 is 16.4 Å². The molecule has 0 saturated heterocycles. The van der Waals surface area contributed by atoms with E-state index in [9.17, 15) is 4.79 Å². The predicted octanol–water partition coefficient (Wildman–Crippen LogP) is 5.93. The van der Waals surface area contributed by atoms with Crippen molar-refractivity contribution in [3.63, 3.8) is 0 Å². The molecular weight excluding hydrogens is 509 g/mol. The van der Waals surface area contributed by atoms with Crippen LogP contribution in [-0.2, 0) is 13.0 Å². The molecule has 0 aliphatic heterocycles. The molecule has 10 heteroatoms. The van der Waals surface area contributed by atoms with Crippen molar-refractivity contribution in [1.29, 1.82) is 0 Å². The first-order valence-corrected chi connectivity index (χ1v) is 12.5. The third-order valence-electron chi connectivity index (χ3n) is 6.21. The molecule has 188 valence electrons. The quantitative estimate of drug-likeness (QED) is 0.177. The minimum Gasteiger partial charge on any atom is -0.382 e. The number of H-pyrrole nitrogens is 2. The fourth-order valence-electron chi connectivity index (χ4n) is 4.19. The molecule has 8 nitrogen and oxygen atoms in total. The summed E-state index contributed by atoms with van der Waals surface area (Å²) in [4.78, 5) is 20.9. The van der Waals surface area contributed by atoms with Crippen LogP contribution in [0.4, 0.5) is 10.6 Å². The van der Waals surface area contributed by atoms with Gasteiger partial charge in [-0.05, 0) is 54.3 Å². The summed E-state index contributed by atoms with van der Waals surface area (Å²) in [5, 5.41) is 14.7. The molecule has 5 aromatic rings. The van der Waals surface area contributed by atoms with Crippen LogP contribution >= 0.6 is 23.2 Å². The number of nitrogens with zero attached hydrogens (tertiary/aromatic N) is 2. The molecule has 0 radical (unpaired) electrons. The number of imidazole rings is 1.